The van der Waals surface area contributed by atoms with E-state index in [-0.39, 0.29) is 0 Å². The third-order valence-electron chi connectivity index (χ3n) is 5.96. The van der Waals surface area contributed by atoms with E-state index in [1.54, 1.807) is 0 Å². The van der Waals surface area contributed by atoms with Gasteiger partial charge in [-0.1, -0.05) is 36.4 Å². The lowest BCUT2D eigenvalue weighted by Crippen LogP contribution is -2.03. The summed E-state index contributed by atoms with van der Waals surface area (Å²) < 4.78 is 14.3. The SMILES string of the molecule is Cc1nc2oc3c(-c4nc5ccccc5n4-c4c(C)cccc4C)c(C)ccc3c2o1. The van der Waals surface area contributed by atoms with Gasteiger partial charge in [-0.2, -0.15) is 4.98 Å². The normalized spacial score (nSPS) is 11.9. The van der Waals surface area contributed by atoms with Crippen LogP contribution in [0.25, 0.3) is 50.4 Å². The first kappa shape index (κ1) is 18.0. The number of imidazole rings is 1. The first-order valence-corrected chi connectivity index (χ1v) is 10.4. The van der Waals surface area contributed by atoms with Crippen LogP contribution in [-0.2, 0) is 0 Å². The summed E-state index contributed by atoms with van der Waals surface area (Å²) in [6.45, 7) is 8.20. The average Bonchev–Trinajstić information content (AvgIpc) is 3.38. The number of nitrogens with zero attached hydrogens (tertiary/aromatic N) is 3. The van der Waals surface area contributed by atoms with Gasteiger partial charge in [-0.25, -0.2) is 4.98 Å². The molecule has 3 aromatic carbocycles. The van der Waals surface area contributed by atoms with Crippen LogP contribution < -0.4 is 0 Å². The monoisotopic (exact) mass is 407 g/mol. The van der Waals surface area contributed by atoms with E-state index in [0.717, 1.165) is 44.6 Å². The second kappa shape index (κ2) is 6.32. The number of fused-ring (bicyclic) bond motifs is 4. The third kappa shape index (κ3) is 2.49. The van der Waals surface area contributed by atoms with E-state index in [2.05, 4.69) is 72.8 Å². The van der Waals surface area contributed by atoms with Gasteiger partial charge in [0.1, 0.15) is 5.82 Å². The van der Waals surface area contributed by atoms with E-state index in [9.17, 15) is 0 Å². The van der Waals surface area contributed by atoms with E-state index in [1.807, 2.05) is 19.1 Å². The number of furan rings is 1. The molecule has 0 aliphatic heterocycles. The van der Waals surface area contributed by atoms with Crippen molar-refractivity contribution in [2.75, 3.05) is 0 Å². The number of aryl methyl sites for hydroxylation is 4. The maximum Gasteiger partial charge on any atom is 0.267 e. The van der Waals surface area contributed by atoms with Crippen molar-refractivity contribution in [2.45, 2.75) is 27.7 Å². The Bertz CT molecular complexity index is 1610. The third-order valence-corrected chi connectivity index (χ3v) is 5.96. The van der Waals surface area contributed by atoms with Crippen LogP contribution in [0.5, 0.6) is 0 Å². The molecule has 5 nitrogen and oxygen atoms in total. The molecule has 0 atom stereocenters. The van der Waals surface area contributed by atoms with Crippen LogP contribution in [0, 0.1) is 27.7 Å². The molecular formula is C26H21N3O2. The number of aromatic nitrogens is 3. The minimum atomic E-state index is 0.522. The molecule has 3 aromatic heterocycles. The van der Waals surface area contributed by atoms with E-state index >= 15 is 0 Å². The minimum absolute atomic E-state index is 0.522. The quantitative estimate of drug-likeness (QED) is 0.316. The Kier molecular flexibility index (Phi) is 3.66. The molecule has 152 valence electrons. The summed E-state index contributed by atoms with van der Waals surface area (Å²) in [6, 6.07) is 18.8. The number of para-hydroxylation sites is 3. The van der Waals surface area contributed by atoms with Crippen LogP contribution in [-0.4, -0.2) is 14.5 Å². The predicted octanol–water partition coefficient (Wildman–Crippen LogP) is 6.81. The Morgan fingerprint density at radius 1 is 0.710 bits per heavy atom. The molecule has 0 spiro atoms. The zero-order valence-corrected chi connectivity index (χ0v) is 17.9. The first-order chi connectivity index (χ1) is 15.0. The second-order valence-corrected chi connectivity index (χ2v) is 8.10. The first-order valence-electron chi connectivity index (χ1n) is 10.4. The summed E-state index contributed by atoms with van der Waals surface area (Å²) in [6.07, 6.45) is 0. The average molecular weight is 407 g/mol. The van der Waals surface area contributed by atoms with Crippen molar-refractivity contribution in [1.29, 1.82) is 0 Å². The molecule has 0 radical (unpaired) electrons. The van der Waals surface area contributed by atoms with E-state index < -0.39 is 0 Å². The lowest BCUT2D eigenvalue weighted by molar-refractivity contribution is 0.563. The minimum Gasteiger partial charge on any atom is -0.437 e. The summed E-state index contributed by atoms with van der Waals surface area (Å²) >= 11 is 0. The van der Waals surface area contributed by atoms with Crippen molar-refractivity contribution in [2.24, 2.45) is 0 Å². The molecule has 31 heavy (non-hydrogen) atoms. The van der Waals surface area contributed by atoms with Gasteiger partial charge in [0.25, 0.3) is 5.71 Å². The molecule has 0 saturated carbocycles. The van der Waals surface area contributed by atoms with Crippen LogP contribution in [0.1, 0.15) is 22.6 Å². The molecule has 6 rings (SSSR count). The Hall–Kier alpha value is -3.86. The van der Waals surface area contributed by atoms with Crippen LogP contribution in [0.2, 0.25) is 0 Å². The molecule has 6 aromatic rings. The predicted molar refractivity (Wildman–Crippen MR) is 123 cm³/mol. The number of oxazole rings is 1. The van der Waals surface area contributed by atoms with Crippen molar-refractivity contribution in [1.82, 2.24) is 14.5 Å². The van der Waals surface area contributed by atoms with Gasteiger partial charge in [0, 0.05) is 6.92 Å². The van der Waals surface area contributed by atoms with Gasteiger partial charge >= 0.3 is 0 Å². The van der Waals surface area contributed by atoms with Crippen molar-refractivity contribution < 1.29 is 8.83 Å². The van der Waals surface area contributed by atoms with Gasteiger partial charge < -0.3 is 8.83 Å². The maximum absolute atomic E-state index is 6.23. The summed E-state index contributed by atoms with van der Waals surface area (Å²) in [4.78, 5) is 9.48. The molecule has 0 saturated heterocycles. The summed E-state index contributed by atoms with van der Waals surface area (Å²) in [5.74, 6) is 1.45. The Balaban J connectivity index is 1.78. The zero-order valence-electron chi connectivity index (χ0n) is 17.9. The fraction of sp³-hybridized carbons (Fsp3) is 0.154. The van der Waals surface area contributed by atoms with E-state index in [1.165, 1.54) is 11.1 Å². The Morgan fingerprint density at radius 2 is 1.48 bits per heavy atom. The highest BCUT2D eigenvalue weighted by Gasteiger charge is 2.24. The standard InChI is InChI=1S/C26H21N3O2/c1-14-12-13-18-23(31-26-24(18)30-17(4)27-26)21(14)25-28-19-10-5-6-11-20(19)29(25)22-15(2)8-7-9-16(22)3/h5-13H,1-4H3. The van der Waals surface area contributed by atoms with Gasteiger partial charge in [0.05, 0.1) is 27.7 Å². The van der Waals surface area contributed by atoms with Gasteiger partial charge in [-0.3, -0.25) is 4.57 Å². The molecule has 0 unspecified atom stereocenters. The maximum atomic E-state index is 6.23. The van der Waals surface area contributed by atoms with Crippen molar-refractivity contribution in [3.05, 3.63) is 77.2 Å². The summed E-state index contributed by atoms with van der Waals surface area (Å²) in [5, 5.41) is 0.913. The number of rotatable bonds is 2. The highest BCUT2D eigenvalue weighted by atomic mass is 16.4. The summed E-state index contributed by atoms with van der Waals surface area (Å²) in [5.41, 5.74) is 9.55. The van der Waals surface area contributed by atoms with E-state index in [4.69, 9.17) is 13.8 Å². The van der Waals surface area contributed by atoms with Crippen molar-refractivity contribution >= 4 is 33.3 Å². The molecule has 0 fully saturated rings. The molecule has 0 amide bonds. The topological polar surface area (TPSA) is 57.0 Å². The Labute approximate surface area is 178 Å². The molecule has 0 aliphatic carbocycles. The zero-order chi connectivity index (χ0) is 21.3. The van der Waals surface area contributed by atoms with Gasteiger partial charge in [0.2, 0.25) is 5.58 Å². The number of benzene rings is 3. The number of hydrogen-bond donors (Lipinski definition) is 0. The highest BCUT2D eigenvalue weighted by molar-refractivity contribution is 6.07. The molecule has 0 aliphatic rings. The van der Waals surface area contributed by atoms with Gasteiger partial charge in [-0.15, -0.1) is 0 Å². The van der Waals surface area contributed by atoms with Gasteiger partial charge in [-0.05, 0) is 55.7 Å². The molecule has 0 N–H and O–H groups in total. The molecular weight excluding hydrogens is 386 g/mol. The largest absolute Gasteiger partial charge is 0.437 e. The highest BCUT2D eigenvalue weighted by Crippen LogP contribution is 2.40. The Morgan fingerprint density at radius 3 is 2.29 bits per heavy atom. The van der Waals surface area contributed by atoms with Crippen molar-refractivity contribution in [3.63, 3.8) is 0 Å². The van der Waals surface area contributed by atoms with Crippen LogP contribution >= 0.6 is 0 Å². The smallest absolute Gasteiger partial charge is 0.267 e. The fourth-order valence-corrected chi connectivity index (χ4v) is 4.57. The van der Waals surface area contributed by atoms with Crippen LogP contribution in [0.4, 0.5) is 0 Å². The van der Waals surface area contributed by atoms with Crippen molar-refractivity contribution in [3.8, 4) is 17.1 Å². The van der Waals surface area contributed by atoms with Crippen LogP contribution in [0.3, 0.4) is 0 Å². The van der Waals surface area contributed by atoms with E-state index in [0.29, 0.717) is 17.2 Å². The fourth-order valence-electron chi connectivity index (χ4n) is 4.57. The lowest BCUT2D eigenvalue weighted by atomic mass is 10.0. The summed E-state index contributed by atoms with van der Waals surface area (Å²) in [7, 11) is 0. The molecule has 5 heteroatoms. The number of hydrogen-bond acceptors (Lipinski definition) is 4. The van der Waals surface area contributed by atoms with Crippen LogP contribution in [0.15, 0.2) is 63.4 Å². The lowest BCUT2D eigenvalue weighted by Gasteiger charge is -2.16. The molecule has 3 heterocycles. The van der Waals surface area contributed by atoms with Gasteiger partial charge in [0.15, 0.2) is 11.5 Å². The molecule has 0 bridgehead atoms. The second-order valence-electron chi connectivity index (χ2n) is 8.10.